The van der Waals surface area contributed by atoms with E-state index in [2.05, 4.69) is 20.1 Å². The predicted molar refractivity (Wildman–Crippen MR) is 213 cm³/mol. The minimum Gasteiger partial charge on any atom is -0.450 e. The number of piperidine rings is 4. The number of likely N-dealkylation sites (tertiary alicyclic amines) is 4. The standard InChI is InChI=1S/C43H59FN6O6/c1-4-55-42(53)47-20-13-36(14-21-47)49-18-5-7-33(28-49)27-45-40(51)38-11-9-32(25-30(38)2)17-24-56-43(54)48-22-15-37(16-23-48)50-19-6-8-35(29-50)46-41(52)39-12-10-34(44)26-31(39)3/h9-12,25-27,33,35-37H,4-8,13-24,28-29H2,1-3H3,(H,46,52)/t33?,35-/m1/s1. The summed E-state index contributed by atoms with van der Waals surface area (Å²) in [7, 11) is 0. The minimum absolute atomic E-state index is 0.0295. The Balaban J connectivity index is 0.889. The molecule has 0 aliphatic carbocycles. The van der Waals surface area contributed by atoms with E-state index < -0.39 is 0 Å². The fraction of sp³-hybridized carbons (Fsp3) is 0.605. The molecule has 56 heavy (non-hydrogen) atoms. The Morgan fingerprint density at radius 3 is 2.02 bits per heavy atom. The molecule has 2 aromatic carbocycles. The molecule has 4 fully saturated rings. The first kappa shape index (κ1) is 41.3. The first-order valence-corrected chi connectivity index (χ1v) is 20.6. The monoisotopic (exact) mass is 774 g/mol. The van der Waals surface area contributed by atoms with Gasteiger partial charge in [-0.15, -0.1) is 0 Å². The summed E-state index contributed by atoms with van der Waals surface area (Å²) in [5.74, 6) is -0.539. The van der Waals surface area contributed by atoms with E-state index in [1.54, 1.807) is 22.8 Å². The van der Waals surface area contributed by atoms with Crippen LogP contribution < -0.4 is 5.32 Å². The van der Waals surface area contributed by atoms with Gasteiger partial charge in [0.05, 0.1) is 13.2 Å². The van der Waals surface area contributed by atoms with Crippen molar-refractivity contribution in [3.05, 3.63) is 70.0 Å². The summed E-state index contributed by atoms with van der Waals surface area (Å²) < 4.78 is 24.4. The second-order valence-corrected chi connectivity index (χ2v) is 15.9. The molecule has 0 radical (unpaired) electrons. The molecule has 4 heterocycles. The van der Waals surface area contributed by atoms with Crippen molar-refractivity contribution in [2.24, 2.45) is 10.9 Å². The van der Waals surface area contributed by atoms with Crippen LogP contribution in [0.15, 0.2) is 41.4 Å². The number of amides is 4. The zero-order chi connectivity index (χ0) is 39.6. The Bertz CT molecular complexity index is 1720. The van der Waals surface area contributed by atoms with Gasteiger partial charge in [-0.2, -0.15) is 0 Å². The van der Waals surface area contributed by atoms with Crippen LogP contribution in [-0.2, 0) is 15.9 Å². The van der Waals surface area contributed by atoms with Gasteiger partial charge >= 0.3 is 12.2 Å². The van der Waals surface area contributed by atoms with Gasteiger partial charge in [0.2, 0.25) is 0 Å². The molecule has 12 nitrogen and oxygen atoms in total. The Morgan fingerprint density at radius 2 is 1.38 bits per heavy atom. The highest BCUT2D eigenvalue weighted by molar-refractivity contribution is 6.00. The lowest BCUT2D eigenvalue weighted by Crippen LogP contribution is -2.54. The van der Waals surface area contributed by atoms with E-state index in [0.29, 0.717) is 68.0 Å². The second-order valence-electron chi connectivity index (χ2n) is 15.9. The fourth-order valence-corrected chi connectivity index (χ4v) is 8.85. The van der Waals surface area contributed by atoms with Crippen molar-refractivity contribution < 1.29 is 33.0 Å². The molecule has 4 amide bonds. The Labute approximate surface area is 330 Å². The highest BCUT2D eigenvalue weighted by Gasteiger charge is 2.32. The summed E-state index contributed by atoms with van der Waals surface area (Å²) in [6, 6.07) is 10.8. The van der Waals surface area contributed by atoms with E-state index in [9.17, 15) is 23.6 Å². The van der Waals surface area contributed by atoms with Crippen molar-refractivity contribution in [3.8, 4) is 0 Å². The van der Waals surface area contributed by atoms with Gasteiger partial charge < -0.3 is 24.6 Å². The molecule has 0 aromatic heterocycles. The third kappa shape index (κ3) is 10.9. The van der Waals surface area contributed by atoms with Gasteiger partial charge in [-0.1, -0.05) is 12.1 Å². The third-order valence-corrected chi connectivity index (χ3v) is 12.0. The van der Waals surface area contributed by atoms with Crippen LogP contribution in [0.2, 0.25) is 0 Å². The molecule has 0 spiro atoms. The topological polar surface area (TPSA) is 124 Å². The number of ether oxygens (including phenoxy) is 2. The molecule has 4 aliphatic heterocycles. The summed E-state index contributed by atoms with van der Waals surface area (Å²) in [5, 5.41) is 3.15. The van der Waals surface area contributed by atoms with Crippen LogP contribution >= 0.6 is 0 Å². The highest BCUT2D eigenvalue weighted by Crippen LogP contribution is 2.25. The zero-order valence-electron chi connectivity index (χ0n) is 33.3. The van der Waals surface area contributed by atoms with E-state index in [1.807, 2.05) is 38.3 Å². The number of carbonyl (C=O) groups is 4. The zero-order valence-corrected chi connectivity index (χ0v) is 33.3. The quantitative estimate of drug-likeness (QED) is 0.291. The third-order valence-electron chi connectivity index (χ3n) is 12.0. The molecule has 1 unspecified atom stereocenters. The van der Waals surface area contributed by atoms with Crippen molar-refractivity contribution >= 4 is 30.2 Å². The van der Waals surface area contributed by atoms with Gasteiger partial charge in [-0.25, -0.2) is 19.0 Å². The van der Waals surface area contributed by atoms with E-state index >= 15 is 0 Å². The number of rotatable bonds is 10. The summed E-state index contributed by atoms with van der Waals surface area (Å²) >= 11 is 0. The Hall–Kier alpha value is -4.36. The van der Waals surface area contributed by atoms with Gasteiger partial charge in [-0.05, 0) is 126 Å². The van der Waals surface area contributed by atoms with Gasteiger partial charge in [-0.3, -0.25) is 19.4 Å². The van der Waals surface area contributed by atoms with Crippen molar-refractivity contribution in [3.63, 3.8) is 0 Å². The van der Waals surface area contributed by atoms with Gasteiger partial charge in [0.1, 0.15) is 5.82 Å². The van der Waals surface area contributed by atoms with Crippen molar-refractivity contribution in [2.45, 2.75) is 96.7 Å². The van der Waals surface area contributed by atoms with E-state index in [1.165, 1.54) is 12.1 Å². The van der Waals surface area contributed by atoms with E-state index in [0.717, 1.165) is 88.7 Å². The van der Waals surface area contributed by atoms with Gasteiger partial charge in [0.15, 0.2) is 0 Å². The molecule has 0 bridgehead atoms. The molecule has 2 atom stereocenters. The number of aryl methyl sites for hydroxylation is 2. The number of carbonyl (C=O) groups excluding carboxylic acids is 4. The van der Waals surface area contributed by atoms with Crippen LogP contribution in [0.1, 0.15) is 95.7 Å². The summed E-state index contributed by atoms with van der Waals surface area (Å²) in [6.45, 7) is 12.4. The summed E-state index contributed by atoms with van der Waals surface area (Å²) in [5.41, 5.74) is 3.55. The molecule has 6 rings (SSSR count). The Kier molecular flexibility index (Phi) is 14.5. The fourth-order valence-electron chi connectivity index (χ4n) is 8.85. The number of nitrogens with zero attached hydrogens (tertiary/aromatic N) is 5. The van der Waals surface area contributed by atoms with E-state index in [4.69, 9.17) is 9.47 Å². The molecule has 1 N–H and O–H groups in total. The molecule has 4 saturated heterocycles. The molecule has 4 aliphatic rings. The van der Waals surface area contributed by atoms with Crippen LogP contribution in [-0.4, -0.2) is 134 Å². The summed E-state index contributed by atoms with van der Waals surface area (Å²) in [6.07, 6.45) is 9.36. The predicted octanol–water partition coefficient (Wildman–Crippen LogP) is 6.02. The maximum absolute atomic E-state index is 13.5. The summed E-state index contributed by atoms with van der Waals surface area (Å²) in [4.78, 5) is 63.9. The van der Waals surface area contributed by atoms with Crippen LogP contribution in [0.5, 0.6) is 0 Å². The number of benzene rings is 2. The van der Waals surface area contributed by atoms with Crippen molar-refractivity contribution in [1.82, 2.24) is 24.9 Å². The molecule has 0 saturated carbocycles. The maximum Gasteiger partial charge on any atom is 0.409 e. The lowest BCUT2D eigenvalue weighted by atomic mass is 9.94. The van der Waals surface area contributed by atoms with Crippen LogP contribution in [0.3, 0.4) is 0 Å². The second kappa shape index (κ2) is 19.7. The number of aliphatic imine (C=N–C) groups is 1. The average molecular weight is 775 g/mol. The maximum atomic E-state index is 13.5. The largest absolute Gasteiger partial charge is 0.450 e. The van der Waals surface area contributed by atoms with E-state index in [-0.39, 0.29) is 48.4 Å². The van der Waals surface area contributed by atoms with Crippen LogP contribution in [0, 0.1) is 25.6 Å². The van der Waals surface area contributed by atoms with Crippen molar-refractivity contribution in [2.75, 3.05) is 65.6 Å². The molecular weight excluding hydrogens is 716 g/mol. The molecular formula is C43H59FN6O6. The van der Waals surface area contributed by atoms with Crippen LogP contribution in [0.25, 0.3) is 0 Å². The number of hydrogen-bond acceptors (Lipinski definition) is 8. The lowest BCUT2D eigenvalue weighted by molar-refractivity contribution is 0.0588. The van der Waals surface area contributed by atoms with Crippen LogP contribution in [0.4, 0.5) is 14.0 Å². The normalized spacial score (nSPS) is 21.9. The van der Waals surface area contributed by atoms with Crippen molar-refractivity contribution in [1.29, 1.82) is 0 Å². The van der Waals surface area contributed by atoms with Gasteiger partial charge in [0, 0.05) is 87.1 Å². The minimum atomic E-state index is -0.347. The highest BCUT2D eigenvalue weighted by atomic mass is 19.1. The molecule has 2 aromatic rings. The molecule has 304 valence electrons. The molecule has 13 heteroatoms. The first-order chi connectivity index (χ1) is 27.1. The average Bonchev–Trinajstić information content (AvgIpc) is 3.20. The smallest absolute Gasteiger partial charge is 0.409 e. The number of nitrogens with one attached hydrogen (secondary N) is 1. The number of hydrogen-bond donors (Lipinski definition) is 1. The van der Waals surface area contributed by atoms with Gasteiger partial charge in [0.25, 0.3) is 11.8 Å². The SMILES string of the molecule is CCOC(=O)N1CCC(N2CCCC(C=NC(=O)c3ccc(CCOC(=O)N4CCC(N5CCC[C@@H](NC(=O)c6ccc(F)cc6C)C5)CC4)cc3C)C2)CC1. The number of halogens is 1. The Morgan fingerprint density at radius 1 is 0.768 bits per heavy atom. The lowest BCUT2D eigenvalue weighted by Gasteiger charge is -2.42. The first-order valence-electron chi connectivity index (χ1n) is 20.6.